The highest BCUT2D eigenvalue weighted by atomic mass is 16.2. The molecule has 1 saturated carbocycles. The van der Waals surface area contributed by atoms with Crippen molar-refractivity contribution in [1.29, 1.82) is 0 Å². The number of carbonyl (C=O) groups is 2. The van der Waals surface area contributed by atoms with E-state index >= 15 is 0 Å². The Hall–Kier alpha value is -2.89. The molecular formula is C19H20N4O2. The van der Waals surface area contributed by atoms with Gasteiger partial charge in [0.25, 0.3) is 0 Å². The Morgan fingerprint density at radius 3 is 2.72 bits per heavy atom. The molecule has 3 atom stereocenters. The molecule has 2 aliphatic rings. The summed E-state index contributed by atoms with van der Waals surface area (Å²) in [7, 11) is 0. The van der Waals surface area contributed by atoms with E-state index in [1.807, 2.05) is 0 Å². The SMILES string of the molecule is O=C(Cc1ccncc1)NNC(=O)NC1C2CCc3ccccc3C21. The number of aryl methyl sites for hydroxylation is 1. The first kappa shape index (κ1) is 15.6. The molecule has 3 N–H and O–H groups in total. The first-order valence-electron chi connectivity index (χ1n) is 8.54. The number of aromatic nitrogens is 1. The van der Waals surface area contributed by atoms with Crippen LogP contribution in [0.5, 0.6) is 0 Å². The summed E-state index contributed by atoms with van der Waals surface area (Å²) in [6.07, 6.45) is 5.64. The lowest BCUT2D eigenvalue weighted by Crippen LogP contribution is -2.48. The molecule has 128 valence electrons. The van der Waals surface area contributed by atoms with Crippen LogP contribution in [0.25, 0.3) is 0 Å². The van der Waals surface area contributed by atoms with Crippen LogP contribution in [-0.2, 0) is 17.6 Å². The maximum Gasteiger partial charge on any atom is 0.333 e. The summed E-state index contributed by atoms with van der Waals surface area (Å²) in [4.78, 5) is 27.8. The van der Waals surface area contributed by atoms with Gasteiger partial charge in [-0.05, 0) is 47.6 Å². The number of nitrogens with zero attached hydrogens (tertiary/aromatic N) is 1. The van der Waals surface area contributed by atoms with E-state index in [-0.39, 0.29) is 24.4 Å². The fraction of sp³-hybridized carbons (Fsp3) is 0.316. The number of amides is 3. The Labute approximate surface area is 146 Å². The lowest BCUT2D eigenvalue weighted by Gasteiger charge is -2.13. The molecule has 25 heavy (non-hydrogen) atoms. The minimum Gasteiger partial charge on any atom is -0.333 e. The minimum atomic E-state index is -0.361. The smallest absolute Gasteiger partial charge is 0.333 e. The predicted octanol–water partition coefficient (Wildman–Crippen LogP) is 1.68. The Balaban J connectivity index is 1.26. The number of rotatable bonds is 3. The summed E-state index contributed by atoms with van der Waals surface area (Å²) < 4.78 is 0. The quantitative estimate of drug-likeness (QED) is 0.746. The molecule has 1 aromatic carbocycles. The van der Waals surface area contributed by atoms with Gasteiger partial charge in [-0.1, -0.05) is 24.3 Å². The molecular weight excluding hydrogens is 316 g/mol. The van der Waals surface area contributed by atoms with E-state index in [0.717, 1.165) is 18.4 Å². The zero-order valence-electron chi connectivity index (χ0n) is 13.7. The van der Waals surface area contributed by atoms with Gasteiger partial charge in [0.1, 0.15) is 0 Å². The van der Waals surface area contributed by atoms with Crippen molar-refractivity contribution < 1.29 is 9.59 Å². The standard InChI is InChI=1S/C19H20N4O2/c24-16(11-12-7-9-20-10-8-12)22-23-19(25)21-18-15-6-5-13-3-1-2-4-14(13)17(15)18/h1-4,7-10,15,17-18H,5-6,11H2,(H,22,24)(H2,21,23,25). The third-order valence-electron chi connectivity index (χ3n) is 5.06. The molecule has 0 aliphatic heterocycles. The van der Waals surface area contributed by atoms with E-state index in [1.165, 1.54) is 11.1 Å². The van der Waals surface area contributed by atoms with Crippen LogP contribution in [0.1, 0.15) is 29.0 Å². The van der Waals surface area contributed by atoms with Crippen LogP contribution in [0, 0.1) is 5.92 Å². The largest absolute Gasteiger partial charge is 0.333 e. The van der Waals surface area contributed by atoms with Crippen molar-refractivity contribution in [1.82, 2.24) is 21.2 Å². The third kappa shape index (κ3) is 3.33. The zero-order valence-corrected chi connectivity index (χ0v) is 13.7. The van der Waals surface area contributed by atoms with Crippen molar-refractivity contribution in [3.8, 4) is 0 Å². The highest BCUT2D eigenvalue weighted by Crippen LogP contribution is 2.54. The Kier molecular flexibility index (Phi) is 4.09. The molecule has 0 bridgehead atoms. The van der Waals surface area contributed by atoms with Gasteiger partial charge in [-0.15, -0.1) is 0 Å². The number of benzene rings is 1. The highest BCUT2D eigenvalue weighted by molar-refractivity contribution is 5.82. The van der Waals surface area contributed by atoms with E-state index in [4.69, 9.17) is 0 Å². The Morgan fingerprint density at radius 1 is 1.08 bits per heavy atom. The minimum absolute atomic E-state index is 0.153. The molecule has 1 heterocycles. The van der Waals surface area contributed by atoms with Crippen LogP contribution in [0.2, 0.25) is 0 Å². The third-order valence-corrected chi connectivity index (χ3v) is 5.06. The average Bonchev–Trinajstić information content (AvgIpc) is 3.34. The summed E-state index contributed by atoms with van der Waals surface area (Å²) in [5.41, 5.74) is 8.47. The fourth-order valence-electron chi connectivity index (χ4n) is 3.81. The van der Waals surface area contributed by atoms with E-state index in [1.54, 1.807) is 24.5 Å². The maximum absolute atomic E-state index is 12.1. The summed E-state index contributed by atoms with van der Waals surface area (Å²) in [6, 6.07) is 11.8. The van der Waals surface area contributed by atoms with Gasteiger partial charge in [0.05, 0.1) is 6.42 Å². The molecule has 6 nitrogen and oxygen atoms in total. The second-order valence-corrected chi connectivity index (χ2v) is 6.63. The van der Waals surface area contributed by atoms with Gasteiger partial charge in [0.2, 0.25) is 5.91 Å². The summed E-state index contributed by atoms with van der Waals surface area (Å²) >= 11 is 0. The number of hydrogen-bond donors (Lipinski definition) is 3. The first-order valence-corrected chi connectivity index (χ1v) is 8.54. The van der Waals surface area contributed by atoms with Crippen LogP contribution in [0.15, 0.2) is 48.8 Å². The summed E-state index contributed by atoms with van der Waals surface area (Å²) in [5.74, 6) is 0.649. The van der Waals surface area contributed by atoms with Gasteiger partial charge in [0, 0.05) is 24.4 Å². The van der Waals surface area contributed by atoms with Crippen molar-refractivity contribution >= 4 is 11.9 Å². The molecule has 1 fully saturated rings. The molecule has 3 unspecified atom stereocenters. The highest BCUT2D eigenvalue weighted by Gasteiger charge is 2.53. The summed E-state index contributed by atoms with van der Waals surface area (Å²) in [5, 5.41) is 2.98. The van der Waals surface area contributed by atoms with Crippen molar-refractivity contribution in [3.05, 3.63) is 65.5 Å². The molecule has 0 radical (unpaired) electrons. The van der Waals surface area contributed by atoms with Crippen LogP contribution in [0.3, 0.4) is 0 Å². The van der Waals surface area contributed by atoms with Gasteiger partial charge < -0.3 is 5.32 Å². The second kappa shape index (κ2) is 6.55. The average molecular weight is 336 g/mol. The predicted molar refractivity (Wildman–Crippen MR) is 92.5 cm³/mol. The van der Waals surface area contributed by atoms with Gasteiger partial charge in [-0.25, -0.2) is 10.2 Å². The van der Waals surface area contributed by atoms with Gasteiger partial charge in [-0.2, -0.15) is 0 Å². The van der Waals surface area contributed by atoms with Gasteiger partial charge in [-0.3, -0.25) is 15.2 Å². The molecule has 4 rings (SSSR count). The van der Waals surface area contributed by atoms with E-state index in [2.05, 4.69) is 45.4 Å². The van der Waals surface area contributed by atoms with E-state index in [9.17, 15) is 9.59 Å². The monoisotopic (exact) mass is 336 g/mol. The van der Waals surface area contributed by atoms with Crippen molar-refractivity contribution in [2.75, 3.05) is 0 Å². The number of pyridine rings is 1. The van der Waals surface area contributed by atoms with E-state index in [0.29, 0.717) is 11.8 Å². The van der Waals surface area contributed by atoms with Crippen LogP contribution >= 0.6 is 0 Å². The van der Waals surface area contributed by atoms with Crippen molar-refractivity contribution in [3.63, 3.8) is 0 Å². The Bertz CT molecular complexity index is 793. The normalized spacial score (nSPS) is 23.0. The summed E-state index contributed by atoms with van der Waals surface area (Å²) in [6.45, 7) is 0. The second-order valence-electron chi connectivity index (χ2n) is 6.63. The number of hydrazine groups is 1. The van der Waals surface area contributed by atoms with Crippen LogP contribution in [0.4, 0.5) is 4.79 Å². The number of carbonyl (C=O) groups excluding carboxylic acids is 2. The number of nitrogens with one attached hydrogen (secondary N) is 3. The lowest BCUT2D eigenvalue weighted by molar-refractivity contribution is -0.121. The Morgan fingerprint density at radius 2 is 1.88 bits per heavy atom. The van der Waals surface area contributed by atoms with E-state index < -0.39 is 0 Å². The molecule has 0 saturated heterocycles. The van der Waals surface area contributed by atoms with Gasteiger partial charge >= 0.3 is 6.03 Å². The van der Waals surface area contributed by atoms with Gasteiger partial charge in [0.15, 0.2) is 0 Å². The molecule has 2 aromatic rings. The first-order chi connectivity index (χ1) is 12.2. The lowest BCUT2D eigenvalue weighted by atomic mass is 9.92. The topological polar surface area (TPSA) is 83.1 Å². The number of urea groups is 1. The molecule has 0 spiro atoms. The van der Waals surface area contributed by atoms with Crippen molar-refractivity contribution in [2.24, 2.45) is 5.92 Å². The maximum atomic E-state index is 12.1. The molecule has 2 aliphatic carbocycles. The number of hydrogen-bond acceptors (Lipinski definition) is 3. The molecule has 6 heteroatoms. The van der Waals surface area contributed by atoms with Crippen molar-refractivity contribution in [2.45, 2.75) is 31.2 Å². The zero-order chi connectivity index (χ0) is 17.2. The number of fused-ring (bicyclic) bond motifs is 3. The van der Waals surface area contributed by atoms with Crippen LogP contribution in [-0.4, -0.2) is 23.0 Å². The molecule has 1 aromatic heterocycles. The van der Waals surface area contributed by atoms with Crippen LogP contribution < -0.4 is 16.2 Å². The fourth-order valence-corrected chi connectivity index (χ4v) is 3.81. The molecule has 3 amide bonds.